The van der Waals surface area contributed by atoms with Gasteiger partial charge < -0.3 is 19.3 Å². The molecule has 6 heteroatoms. The summed E-state index contributed by atoms with van der Waals surface area (Å²) in [5, 5.41) is 0. The summed E-state index contributed by atoms with van der Waals surface area (Å²) in [4.78, 5) is 29.1. The molecule has 0 unspecified atom stereocenters. The van der Waals surface area contributed by atoms with Crippen molar-refractivity contribution in [2.24, 2.45) is 5.92 Å². The SMILES string of the molecule is O=C(c1ccc2c(c1)OCCO2)N1CCCN(C(=O)C2CCC2)CC1. The largest absolute Gasteiger partial charge is 0.486 e. The lowest BCUT2D eigenvalue weighted by molar-refractivity contribution is -0.138. The van der Waals surface area contributed by atoms with Gasteiger partial charge in [-0.1, -0.05) is 6.42 Å². The highest BCUT2D eigenvalue weighted by Gasteiger charge is 2.31. The van der Waals surface area contributed by atoms with E-state index in [0.717, 1.165) is 25.8 Å². The number of fused-ring (bicyclic) bond motifs is 1. The molecular formula is C19H24N2O4. The summed E-state index contributed by atoms with van der Waals surface area (Å²) in [6, 6.07) is 5.35. The van der Waals surface area contributed by atoms with Crippen molar-refractivity contribution >= 4 is 11.8 Å². The van der Waals surface area contributed by atoms with Gasteiger partial charge in [-0.05, 0) is 37.5 Å². The molecule has 0 spiro atoms. The lowest BCUT2D eigenvalue weighted by Gasteiger charge is -2.31. The predicted octanol–water partition coefficient (Wildman–Crippen LogP) is 1.93. The van der Waals surface area contributed by atoms with Gasteiger partial charge >= 0.3 is 0 Å². The summed E-state index contributed by atoms with van der Waals surface area (Å²) >= 11 is 0. The molecule has 2 fully saturated rings. The molecule has 1 aromatic rings. The van der Waals surface area contributed by atoms with E-state index >= 15 is 0 Å². The molecule has 1 aliphatic carbocycles. The van der Waals surface area contributed by atoms with Crippen molar-refractivity contribution < 1.29 is 19.1 Å². The van der Waals surface area contributed by atoms with Crippen LogP contribution in [0.25, 0.3) is 0 Å². The first-order chi connectivity index (χ1) is 12.2. The normalized spacial score (nSPS) is 20.6. The zero-order valence-corrected chi connectivity index (χ0v) is 14.4. The van der Waals surface area contributed by atoms with Crippen molar-refractivity contribution in [2.45, 2.75) is 25.7 Å². The third-order valence-electron chi connectivity index (χ3n) is 5.34. The maximum Gasteiger partial charge on any atom is 0.254 e. The maximum absolute atomic E-state index is 12.8. The summed E-state index contributed by atoms with van der Waals surface area (Å²) in [6.45, 7) is 3.70. The Balaban J connectivity index is 1.41. The van der Waals surface area contributed by atoms with Gasteiger partial charge in [-0.3, -0.25) is 9.59 Å². The number of rotatable bonds is 2. The van der Waals surface area contributed by atoms with Gasteiger partial charge in [0.05, 0.1) is 0 Å². The van der Waals surface area contributed by atoms with Gasteiger partial charge in [-0.15, -0.1) is 0 Å². The zero-order chi connectivity index (χ0) is 17.2. The Kier molecular flexibility index (Phi) is 4.51. The highest BCUT2D eigenvalue weighted by molar-refractivity contribution is 5.95. The average molecular weight is 344 g/mol. The minimum absolute atomic E-state index is 0.00471. The van der Waals surface area contributed by atoms with Crippen LogP contribution in [-0.2, 0) is 4.79 Å². The fourth-order valence-corrected chi connectivity index (χ4v) is 3.61. The number of amides is 2. The van der Waals surface area contributed by atoms with Crippen molar-refractivity contribution in [1.82, 2.24) is 9.80 Å². The Morgan fingerprint density at radius 2 is 1.60 bits per heavy atom. The van der Waals surface area contributed by atoms with Crippen LogP contribution in [0.2, 0.25) is 0 Å². The van der Waals surface area contributed by atoms with E-state index in [9.17, 15) is 9.59 Å². The second kappa shape index (κ2) is 6.94. The first kappa shape index (κ1) is 16.2. The molecule has 2 heterocycles. The van der Waals surface area contributed by atoms with Crippen LogP contribution in [0.1, 0.15) is 36.0 Å². The topological polar surface area (TPSA) is 59.1 Å². The average Bonchev–Trinajstić information content (AvgIpc) is 2.85. The Morgan fingerprint density at radius 1 is 0.880 bits per heavy atom. The Hall–Kier alpha value is -2.24. The van der Waals surface area contributed by atoms with Gasteiger partial charge in [0.15, 0.2) is 11.5 Å². The summed E-state index contributed by atoms with van der Waals surface area (Å²) in [5.41, 5.74) is 0.614. The van der Waals surface area contributed by atoms with Crippen molar-refractivity contribution in [3.05, 3.63) is 23.8 Å². The van der Waals surface area contributed by atoms with Crippen LogP contribution in [0.4, 0.5) is 0 Å². The fraction of sp³-hybridized carbons (Fsp3) is 0.579. The minimum Gasteiger partial charge on any atom is -0.486 e. The van der Waals surface area contributed by atoms with Crippen LogP contribution in [0.15, 0.2) is 18.2 Å². The fourth-order valence-electron chi connectivity index (χ4n) is 3.61. The van der Waals surface area contributed by atoms with E-state index in [-0.39, 0.29) is 17.7 Å². The smallest absolute Gasteiger partial charge is 0.254 e. The molecule has 0 atom stereocenters. The Bertz CT molecular complexity index is 671. The molecule has 2 amide bonds. The lowest BCUT2D eigenvalue weighted by Crippen LogP contribution is -2.41. The number of carbonyl (C=O) groups is 2. The van der Waals surface area contributed by atoms with Gasteiger partial charge in [0.1, 0.15) is 13.2 Å². The molecular weight excluding hydrogens is 320 g/mol. The van der Waals surface area contributed by atoms with Crippen molar-refractivity contribution in [3.8, 4) is 11.5 Å². The molecule has 4 rings (SSSR count). The summed E-state index contributed by atoms with van der Waals surface area (Å²) < 4.78 is 11.1. The summed E-state index contributed by atoms with van der Waals surface area (Å²) in [5.74, 6) is 1.82. The molecule has 0 bridgehead atoms. The van der Waals surface area contributed by atoms with Gasteiger partial charge in [-0.2, -0.15) is 0 Å². The second-order valence-corrected chi connectivity index (χ2v) is 6.96. The summed E-state index contributed by atoms with van der Waals surface area (Å²) in [6.07, 6.45) is 4.04. The summed E-state index contributed by atoms with van der Waals surface area (Å²) in [7, 11) is 0. The highest BCUT2D eigenvalue weighted by Crippen LogP contribution is 2.31. The quantitative estimate of drug-likeness (QED) is 0.823. The molecule has 2 aliphatic heterocycles. The first-order valence-electron chi connectivity index (χ1n) is 9.20. The number of benzene rings is 1. The van der Waals surface area contributed by atoms with Crippen LogP contribution in [0, 0.1) is 5.92 Å². The predicted molar refractivity (Wildman–Crippen MR) is 91.9 cm³/mol. The van der Waals surface area contributed by atoms with Crippen LogP contribution >= 0.6 is 0 Å². The molecule has 6 nitrogen and oxygen atoms in total. The first-order valence-corrected chi connectivity index (χ1v) is 9.20. The van der Waals surface area contributed by atoms with E-state index in [0.29, 0.717) is 49.9 Å². The highest BCUT2D eigenvalue weighted by atomic mass is 16.6. The Labute approximate surface area is 147 Å². The third kappa shape index (κ3) is 3.30. The van der Waals surface area contributed by atoms with Crippen LogP contribution in [0.5, 0.6) is 11.5 Å². The second-order valence-electron chi connectivity index (χ2n) is 6.96. The van der Waals surface area contributed by atoms with E-state index < -0.39 is 0 Å². The molecule has 0 radical (unpaired) electrons. The molecule has 3 aliphatic rings. The lowest BCUT2D eigenvalue weighted by atomic mass is 9.84. The molecule has 1 saturated carbocycles. The Morgan fingerprint density at radius 3 is 2.36 bits per heavy atom. The number of carbonyl (C=O) groups excluding carboxylic acids is 2. The van der Waals surface area contributed by atoms with Gasteiger partial charge in [0, 0.05) is 37.7 Å². The molecule has 0 aromatic heterocycles. The van der Waals surface area contributed by atoms with Gasteiger partial charge in [0.2, 0.25) is 5.91 Å². The van der Waals surface area contributed by atoms with Crippen molar-refractivity contribution in [3.63, 3.8) is 0 Å². The van der Waals surface area contributed by atoms with Crippen LogP contribution in [0.3, 0.4) is 0 Å². The number of nitrogens with zero attached hydrogens (tertiary/aromatic N) is 2. The van der Waals surface area contributed by atoms with E-state index in [4.69, 9.17) is 9.47 Å². The zero-order valence-electron chi connectivity index (χ0n) is 14.4. The van der Waals surface area contributed by atoms with Gasteiger partial charge in [-0.25, -0.2) is 0 Å². The van der Waals surface area contributed by atoms with Gasteiger partial charge in [0.25, 0.3) is 5.91 Å². The third-order valence-corrected chi connectivity index (χ3v) is 5.34. The number of hydrogen-bond acceptors (Lipinski definition) is 4. The molecule has 0 N–H and O–H groups in total. The van der Waals surface area contributed by atoms with Crippen molar-refractivity contribution in [1.29, 1.82) is 0 Å². The molecule has 134 valence electrons. The molecule has 1 saturated heterocycles. The van der Waals surface area contributed by atoms with E-state index in [1.807, 2.05) is 9.80 Å². The van der Waals surface area contributed by atoms with Crippen LogP contribution < -0.4 is 9.47 Å². The molecule has 25 heavy (non-hydrogen) atoms. The van der Waals surface area contributed by atoms with Crippen LogP contribution in [-0.4, -0.2) is 61.0 Å². The minimum atomic E-state index is -0.00471. The monoisotopic (exact) mass is 344 g/mol. The standard InChI is InChI=1S/C19H24N2O4/c22-18(14-3-1-4-14)20-7-2-8-21(10-9-20)19(23)15-5-6-16-17(13-15)25-12-11-24-16/h5-6,13-14H,1-4,7-12H2. The van der Waals surface area contributed by atoms with Crippen molar-refractivity contribution in [2.75, 3.05) is 39.4 Å². The number of ether oxygens (including phenoxy) is 2. The van der Waals surface area contributed by atoms with E-state index in [1.165, 1.54) is 6.42 Å². The maximum atomic E-state index is 12.8. The van der Waals surface area contributed by atoms with E-state index in [1.54, 1.807) is 18.2 Å². The number of hydrogen-bond donors (Lipinski definition) is 0. The van der Waals surface area contributed by atoms with E-state index in [2.05, 4.69) is 0 Å². The molecule has 1 aromatic carbocycles.